The lowest BCUT2D eigenvalue weighted by atomic mass is 9.90. The highest BCUT2D eigenvalue weighted by Gasteiger charge is 2.47. The normalized spacial score (nSPS) is 30.1. The van der Waals surface area contributed by atoms with Gasteiger partial charge in [0.05, 0.1) is 0 Å². The van der Waals surface area contributed by atoms with Crippen LogP contribution in [-0.4, -0.2) is 5.78 Å². The Morgan fingerprint density at radius 1 is 1.12 bits per heavy atom. The maximum absolute atomic E-state index is 12.3. The van der Waals surface area contributed by atoms with Gasteiger partial charge in [0.2, 0.25) is 0 Å². The molecule has 0 bridgehead atoms. The maximum Gasteiger partial charge on any atom is 0.140 e. The predicted octanol–water partition coefficient (Wildman–Crippen LogP) is 3.46. The Balaban J connectivity index is 1.72. The fourth-order valence-corrected chi connectivity index (χ4v) is 3.42. The Labute approximate surface area is 103 Å². The number of carbonyl (C=O) groups is 1. The van der Waals surface area contributed by atoms with Crippen LogP contribution in [0.3, 0.4) is 0 Å². The third kappa shape index (κ3) is 2.03. The summed E-state index contributed by atoms with van der Waals surface area (Å²) in [5, 5.41) is 0. The molecule has 1 nitrogen and oxygen atoms in total. The summed E-state index contributed by atoms with van der Waals surface area (Å²) in [7, 11) is 0. The molecule has 1 aromatic carbocycles. The number of Topliss-reactive ketones (excluding diaryl/α,β-unsaturated/α-hetero) is 1. The van der Waals surface area contributed by atoms with Crippen molar-refractivity contribution >= 4 is 5.78 Å². The van der Waals surface area contributed by atoms with E-state index in [9.17, 15) is 4.79 Å². The van der Waals surface area contributed by atoms with E-state index in [1.807, 2.05) is 0 Å². The first-order valence-electron chi connectivity index (χ1n) is 6.73. The predicted molar refractivity (Wildman–Crippen MR) is 68.9 cm³/mol. The van der Waals surface area contributed by atoms with Crippen LogP contribution in [0.25, 0.3) is 0 Å². The van der Waals surface area contributed by atoms with E-state index in [0.29, 0.717) is 18.1 Å². The Morgan fingerprint density at radius 2 is 1.71 bits per heavy atom. The third-order valence-electron chi connectivity index (χ3n) is 4.69. The van der Waals surface area contributed by atoms with Gasteiger partial charge in [-0.25, -0.2) is 0 Å². The summed E-state index contributed by atoms with van der Waals surface area (Å²) in [4.78, 5) is 12.3. The molecule has 2 saturated carbocycles. The van der Waals surface area contributed by atoms with Gasteiger partial charge in [-0.05, 0) is 61.6 Å². The Kier molecular flexibility index (Phi) is 2.57. The third-order valence-corrected chi connectivity index (χ3v) is 4.69. The van der Waals surface area contributed by atoms with E-state index in [0.717, 1.165) is 11.8 Å². The van der Waals surface area contributed by atoms with Crippen molar-refractivity contribution in [1.82, 2.24) is 0 Å². The maximum atomic E-state index is 12.3. The van der Waals surface area contributed by atoms with Crippen LogP contribution in [0.15, 0.2) is 18.2 Å². The average molecular weight is 228 g/mol. The number of carbonyl (C=O) groups excluding carboxylic acids is 1. The van der Waals surface area contributed by atoms with E-state index in [-0.39, 0.29) is 0 Å². The number of fused-ring (bicyclic) bond motifs is 1. The molecular formula is C16H20O. The van der Waals surface area contributed by atoms with Crippen LogP contribution >= 0.6 is 0 Å². The molecule has 1 heteroatoms. The first kappa shape index (κ1) is 11.0. The minimum absolute atomic E-state index is 0.373. The van der Waals surface area contributed by atoms with Gasteiger partial charge >= 0.3 is 0 Å². The largest absolute Gasteiger partial charge is 0.299 e. The molecule has 0 saturated heterocycles. The van der Waals surface area contributed by atoms with Crippen LogP contribution in [0.1, 0.15) is 36.0 Å². The molecule has 2 aliphatic carbocycles. The molecule has 0 radical (unpaired) electrons. The van der Waals surface area contributed by atoms with Crippen LogP contribution in [-0.2, 0) is 11.2 Å². The van der Waals surface area contributed by atoms with Crippen LogP contribution in [0, 0.1) is 31.6 Å². The molecule has 2 atom stereocenters. The van der Waals surface area contributed by atoms with Gasteiger partial charge < -0.3 is 0 Å². The summed E-state index contributed by atoms with van der Waals surface area (Å²) in [6.45, 7) is 4.23. The summed E-state index contributed by atoms with van der Waals surface area (Å²) in [5.41, 5.74) is 3.79. The second-order valence-corrected chi connectivity index (χ2v) is 5.94. The van der Waals surface area contributed by atoms with Crippen molar-refractivity contribution in [3.8, 4) is 0 Å². The van der Waals surface area contributed by atoms with Crippen LogP contribution < -0.4 is 0 Å². The SMILES string of the molecule is Cc1cccc(C)c1CC(=O)C1CC2CC2C1. The van der Waals surface area contributed by atoms with Crippen LogP contribution in [0.2, 0.25) is 0 Å². The summed E-state index contributed by atoms with van der Waals surface area (Å²) in [6.07, 6.45) is 4.40. The number of hydrogen-bond donors (Lipinski definition) is 0. The Hall–Kier alpha value is -1.11. The lowest BCUT2D eigenvalue weighted by molar-refractivity contribution is -0.122. The van der Waals surface area contributed by atoms with E-state index in [1.165, 1.54) is 36.0 Å². The fraction of sp³-hybridized carbons (Fsp3) is 0.562. The smallest absolute Gasteiger partial charge is 0.140 e. The molecule has 2 unspecified atom stereocenters. The quantitative estimate of drug-likeness (QED) is 0.774. The van der Waals surface area contributed by atoms with Crippen LogP contribution in [0.4, 0.5) is 0 Å². The molecular weight excluding hydrogens is 208 g/mol. The highest BCUT2D eigenvalue weighted by molar-refractivity contribution is 5.84. The zero-order chi connectivity index (χ0) is 12.0. The van der Waals surface area contributed by atoms with Crippen molar-refractivity contribution in [3.05, 3.63) is 34.9 Å². The lowest BCUT2D eigenvalue weighted by Crippen LogP contribution is -2.16. The average Bonchev–Trinajstić information content (AvgIpc) is 2.91. The number of hydrogen-bond acceptors (Lipinski definition) is 1. The van der Waals surface area contributed by atoms with Gasteiger partial charge in [0.25, 0.3) is 0 Å². The number of benzene rings is 1. The van der Waals surface area contributed by atoms with Crippen molar-refractivity contribution in [2.45, 2.75) is 39.5 Å². The van der Waals surface area contributed by atoms with Gasteiger partial charge in [-0.1, -0.05) is 18.2 Å². The van der Waals surface area contributed by atoms with E-state index in [1.54, 1.807) is 0 Å². The molecule has 0 amide bonds. The lowest BCUT2D eigenvalue weighted by Gasteiger charge is -2.13. The van der Waals surface area contributed by atoms with E-state index in [4.69, 9.17) is 0 Å². The zero-order valence-electron chi connectivity index (χ0n) is 10.7. The first-order valence-corrected chi connectivity index (χ1v) is 6.73. The molecule has 0 aromatic heterocycles. The molecule has 90 valence electrons. The first-order chi connectivity index (χ1) is 8.15. The molecule has 3 rings (SSSR count). The fourth-order valence-electron chi connectivity index (χ4n) is 3.42. The summed E-state index contributed by atoms with van der Waals surface area (Å²) in [6, 6.07) is 6.30. The topological polar surface area (TPSA) is 17.1 Å². The van der Waals surface area contributed by atoms with E-state index in [2.05, 4.69) is 32.0 Å². The van der Waals surface area contributed by atoms with Gasteiger partial charge in [-0.2, -0.15) is 0 Å². The second-order valence-electron chi connectivity index (χ2n) is 5.94. The van der Waals surface area contributed by atoms with Gasteiger partial charge in [0, 0.05) is 12.3 Å². The molecule has 0 spiro atoms. The molecule has 1 aromatic rings. The van der Waals surface area contributed by atoms with Gasteiger partial charge in [-0.3, -0.25) is 4.79 Å². The van der Waals surface area contributed by atoms with E-state index < -0.39 is 0 Å². The zero-order valence-corrected chi connectivity index (χ0v) is 10.7. The van der Waals surface area contributed by atoms with Crippen molar-refractivity contribution in [1.29, 1.82) is 0 Å². The number of rotatable bonds is 3. The molecule has 2 aliphatic rings. The minimum Gasteiger partial charge on any atom is -0.299 e. The van der Waals surface area contributed by atoms with Crippen molar-refractivity contribution in [2.75, 3.05) is 0 Å². The van der Waals surface area contributed by atoms with Crippen molar-refractivity contribution in [2.24, 2.45) is 17.8 Å². The van der Waals surface area contributed by atoms with Crippen molar-refractivity contribution in [3.63, 3.8) is 0 Å². The van der Waals surface area contributed by atoms with Crippen molar-refractivity contribution < 1.29 is 4.79 Å². The highest BCUT2D eigenvalue weighted by Crippen LogP contribution is 2.54. The van der Waals surface area contributed by atoms with E-state index >= 15 is 0 Å². The van der Waals surface area contributed by atoms with Gasteiger partial charge in [0.1, 0.15) is 5.78 Å². The summed E-state index contributed by atoms with van der Waals surface area (Å²) in [5.74, 6) is 2.66. The van der Waals surface area contributed by atoms with Gasteiger partial charge in [0.15, 0.2) is 0 Å². The highest BCUT2D eigenvalue weighted by atomic mass is 16.1. The number of ketones is 1. The summed E-state index contributed by atoms with van der Waals surface area (Å²) < 4.78 is 0. The molecule has 0 heterocycles. The monoisotopic (exact) mass is 228 g/mol. The Bertz CT molecular complexity index is 430. The molecule has 0 aliphatic heterocycles. The summed E-state index contributed by atoms with van der Waals surface area (Å²) >= 11 is 0. The molecule has 17 heavy (non-hydrogen) atoms. The van der Waals surface area contributed by atoms with Crippen LogP contribution in [0.5, 0.6) is 0 Å². The molecule has 0 N–H and O–H groups in total. The molecule has 2 fully saturated rings. The minimum atomic E-state index is 0.373. The standard InChI is InChI=1S/C16H20O/c1-10-4-3-5-11(2)15(10)9-16(17)14-7-12-6-13(12)8-14/h3-5,12-14H,6-9H2,1-2H3. The number of aryl methyl sites for hydroxylation is 2. The second kappa shape index (κ2) is 3.97. The Morgan fingerprint density at radius 3 is 2.29 bits per heavy atom. The van der Waals surface area contributed by atoms with Gasteiger partial charge in [-0.15, -0.1) is 0 Å².